The number of hydrogen-bond donors (Lipinski definition) is 2. The molecular formula is C7H11Cl2N3OS. The van der Waals surface area contributed by atoms with Gasteiger partial charge in [-0.2, -0.15) is 4.83 Å². The molecule has 0 bridgehead atoms. The molecule has 1 atom stereocenters. The van der Waals surface area contributed by atoms with E-state index in [-0.39, 0.29) is 0 Å². The van der Waals surface area contributed by atoms with Crippen LogP contribution in [0, 0.1) is 0 Å². The van der Waals surface area contributed by atoms with Gasteiger partial charge in [0.05, 0.1) is 12.9 Å². The maximum atomic E-state index is 6.40. The van der Waals surface area contributed by atoms with Gasteiger partial charge in [0, 0.05) is 23.1 Å². The van der Waals surface area contributed by atoms with Crippen LogP contribution in [-0.2, 0) is 4.74 Å². The number of alkyl halides is 1. The van der Waals surface area contributed by atoms with E-state index in [0.29, 0.717) is 5.75 Å². The van der Waals surface area contributed by atoms with Gasteiger partial charge in [-0.3, -0.25) is 0 Å². The summed E-state index contributed by atoms with van der Waals surface area (Å²) in [6.07, 6.45) is 3.68. The van der Waals surface area contributed by atoms with Crippen LogP contribution in [0.1, 0.15) is 12.8 Å². The Kier molecular flexibility index (Phi) is 3.46. The first-order valence-electron chi connectivity index (χ1n) is 4.32. The van der Waals surface area contributed by atoms with E-state index >= 15 is 0 Å². The first-order valence-corrected chi connectivity index (χ1v) is 6.02. The summed E-state index contributed by atoms with van der Waals surface area (Å²) in [6, 6.07) is 0. The molecule has 0 aromatic carbocycles. The van der Waals surface area contributed by atoms with E-state index in [2.05, 4.69) is 10.3 Å². The lowest BCUT2D eigenvalue weighted by molar-refractivity contribution is 0.201. The molecule has 2 aliphatic heterocycles. The molecule has 0 radical (unpaired) electrons. The molecule has 0 aromatic rings. The summed E-state index contributed by atoms with van der Waals surface area (Å²) >= 11 is 13.6. The van der Waals surface area contributed by atoms with Gasteiger partial charge < -0.3 is 4.74 Å². The molecule has 0 aromatic heterocycles. The summed E-state index contributed by atoms with van der Waals surface area (Å²) in [5, 5.41) is 0. The van der Waals surface area contributed by atoms with Crippen LogP contribution in [0.5, 0.6) is 0 Å². The molecule has 2 aliphatic rings. The van der Waals surface area contributed by atoms with Gasteiger partial charge in [-0.1, -0.05) is 28.2 Å². The Bertz CT molecular complexity index is 253. The highest BCUT2D eigenvalue weighted by molar-refractivity contribution is 7.97. The van der Waals surface area contributed by atoms with Crippen molar-refractivity contribution >= 4 is 35.3 Å². The summed E-state index contributed by atoms with van der Waals surface area (Å²) in [5.74, 6) is 0.701. The van der Waals surface area contributed by atoms with Crippen molar-refractivity contribution in [3.8, 4) is 0 Å². The van der Waals surface area contributed by atoms with E-state index in [1.807, 2.05) is 0 Å². The number of hydrazine groups is 2. The third-order valence-electron chi connectivity index (χ3n) is 2.13. The first-order chi connectivity index (χ1) is 6.71. The SMILES string of the molecule is ClN1NSCC(Cl)(C2=COCCC2)N1. The van der Waals surface area contributed by atoms with E-state index in [9.17, 15) is 0 Å². The van der Waals surface area contributed by atoms with E-state index in [0.717, 1.165) is 25.0 Å². The lowest BCUT2D eigenvalue weighted by Gasteiger charge is -2.38. The van der Waals surface area contributed by atoms with Crippen LogP contribution in [0.15, 0.2) is 11.8 Å². The number of ether oxygens (including phenoxy) is 1. The van der Waals surface area contributed by atoms with Crippen LogP contribution in [-0.4, -0.2) is 22.0 Å². The molecule has 0 saturated carbocycles. The average Bonchev–Trinajstić information content (AvgIpc) is 2.19. The Morgan fingerprint density at radius 1 is 1.64 bits per heavy atom. The maximum Gasteiger partial charge on any atom is 0.143 e. The van der Waals surface area contributed by atoms with Crippen molar-refractivity contribution in [3.05, 3.63) is 11.8 Å². The van der Waals surface area contributed by atoms with Crippen molar-refractivity contribution < 1.29 is 4.74 Å². The smallest absolute Gasteiger partial charge is 0.143 e. The zero-order valence-electron chi connectivity index (χ0n) is 7.43. The van der Waals surface area contributed by atoms with Gasteiger partial charge in [0.1, 0.15) is 5.00 Å². The van der Waals surface area contributed by atoms with E-state index in [4.69, 9.17) is 28.1 Å². The molecule has 1 fully saturated rings. The lowest BCUT2D eigenvalue weighted by atomic mass is 10.0. The average molecular weight is 256 g/mol. The Morgan fingerprint density at radius 3 is 3.14 bits per heavy atom. The Labute approximate surface area is 97.1 Å². The molecule has 4 nitrogen and oxygen atoms in total. The highest BCUT2D eigenvalue weighted by Crippen LogP contribution is 2.33. The third-order valence-corrected chi connectivity index (χ3v) is 3.91. The highest BCUT2D eigenvalue weighted by Gasteiger charge is 2.37. The summed E-state index contributed by atoms with van der Waals surface area (Å²) in [4.78, 5) is 2.20. The van der Waals surface area contributed by atoms with Crippen LogP contribution in [0.3, 0.4) is 0 Å². The van der Waals surface area contributed by atoms with Crippen molar-refractivity contribution in [1.82, 2.24) is 14.9 Å². The standard InChI is InChI=1S/C7H11Cl2N3OS/c8-7(5-14-11-12(9)10-7)6-2-1-3-13-4-6/h4,10-11H,1-3,5H2. The normalized spacial score (nSPS) is 34.9. The lowest BCUT2D eigenvalue weighted by Crippen LogP contribution is -2.57. The zero-order chi connectivity index (χ0) is 10.0. The molecule has 0 spiro atoms. The Balaban J connectivity index is 2.09. The minimum Gasteiger partial charge on any atom is -0.501 e. The minimum atomic E-state index is -0.627. The second kappa shape index (κ2) is 4.47. The molecule has 7 heteroatoms. The maximum absolute atomic E-state index is 6.40. The largest absolute Gasteiger partial charge is 0.501 e. The second-order valence-electron chi connectivity index (χ2n) is 3.19. The third kappa shape index (κ3) is 2.29. The number of rotatable bonds is 1. The van der Waals surface area contributed by atoms with Gasteiger partial charge in [0.25, 0.3) is 0 Å². The topological polar surface area (TPSA) is 36.5 Å². The summed E-state index contributed by atoms with van der Waals surface area (Å²) in [7, 11) is 0. The van der Waals surface area contributed by atoms with Crippen LogP contribution in [0.4, 0.5) is 0 Å². The van der Waals surface area contributed by atoms with Gasteiger partial charge in [-0.25, -0.2) is 5.43 Å². The number of halogens is 2. The van der Waals surface area contributed by atoms with E-state index in [1.54, 1.807) is 6.26 Å². The van der Waals surface area contributed by atoms with Gasteiger partial charge in [-0.05, 0) is 12.8 Å². The molecule has 2 rings (SSSR count). The fourth-order valence-electron chi connectivity index (χ4n) is 1.42. The molecule has 2 heterocycles. The molecule has 1 saturated heterocycles. The molecule has 1 unspecified atom stereocenters. The van der Waals surface area contributed by atoms with Crippen molar-refractivity contribution in [1.29, 1.82) is 0 Å². The van der Waals surface area contributed by atoms with Crippen molar-refractivity contribution in [2.24, 2.45) is 0 Å². The molecule has 0 aliphatic carbocycles. The van der Waals surface area contributed by atoms with Gasteiger partial charge in [-0.15, -0.1) is 0 Å². The highest BCUT2D eigenvalue weighted by atomic mass is 35.5. The number of nitrogens with one attached hydrogen (secondary N) is 2. The van der Waals surface area contributed by atoms with Crippen molar-refractivity contribution in [3.63, 3.8) is 0 Å². The predicted octanol–water partition coefficient (Wildman–Crippen LogP) is 1.74. The molecule has 2 N–H and O–H groups in total. The van der Waals surface area contributed by atoms with E-state index < -0.39 is 5.00 Å². The zero-order valence-corrected chi connectivity index (χ0v) is 9.75. The second-order valence-corrected chi connectivity index (χ2v) is 4.93. The van der Waals surface area contributed by atoms with Crippen LogP contribution in [0.25, 0.3) is 0 Å². The molecule has 14 heavy (non-hydrogen) atoms. The van der Waals surface area contributed by atoms with Crippen molar-refractivity contribution in [2.45, 2.75) is 17.8 Å². The fourth-order valence-corrected chi connectivity index (χ4v) is 2.81. The summed E-state index contributed by atoms with van der Waals surface area (Å²) in [5.41, 5.74) is 3.99. The van der Waals surface area contributed by atoms with Crippen LogP contribution in [0.2, 0.25) is 0 Å². The van der Waals surface area contributed by atoms with Gasteiger partial charge in [0.2, 0.25) is 0 Å². The Hall–Kier alpha value is 0.350. The number of hydrogen-bond acceptors (Lipinski definition) is 5. The van der Waals surface area contributed by atoms with Crippen LogP contribution < -0.4 is 10.3 Å². The number of nitrogens with zero attached hydrogens (tertiary/aromatic N) is 1. The monoisotopic (exact) mass is 255 g/mol. The predicted molar refractivity (Wildman–Crippen MR) is 58.3 cm³/mol. The summed E-state index contributed by atoms with van der Waals surface area (Å²) < 4.78 is 6.50. The van der Waals surface area contributed by atoms with Gasteiger partial charge in [0.15, 0.2) is 0 Å². The quantitative estimate of drug-likeness (QED) is 0.323. The minimum absolute atomic E-state index is 0.627. The fraction of sp³-hybridized carbons (Fsp3) is 0.714. The van der Waals surface area contributed by atoms with Crippen molar-refractivity contribution in [2.75, 3.05) is 12.4 Å². The first kappa shape index (κ1) is 10.9. The van der Waals surface area contributed by atoms with E-state index in [1.165, 1.54) is 16.6 Å². The molecule has 80 valence electrons. The Morgan fingerprint density at radius 2 is 2.50 bits per heavy atom. The van der Waals surface area contributed by atoms with Gasteiger partial charge >= 0.3 is 0 Å². The molecule has 0 amide bonds. The van der Waals surface area contributed by atoms with Crippen LogP contribution >= 0.6 is 35.3 Å². The summed E-state index contributed by atoms with van der Waals surface area (Å²) in [6.45, 7) is 0.770. The molecular weight excluding hydrogens is 245 g/mol.